The van der Waals surface area contributed by atoms with Gasteiger partial charge in [0.05, 0.1) is 5.52 Å². The maximum atomic E-state index is 13.6. The number of hydrogen-bond donors (Lipinski definition) is 2. The number of fused-ring (bicyclic) bond motifs is 1. The minimum atomic E-state index is -0.663. The van der Waals surface area contributed by atoms with Gasteiger partial charge in [0.25, 0.3) is 0 Å². The van der Waals surface area contributed by atoms with E-state index in [1.54, 1.807) is 0 Å². The molecule has 0 radical (unpaired) electrons. The van der Waals surface area contributed by atoms with Gasteiger partial charge < -0.3 is 10.3 Å². The molecule has 3 aromatic rings. The van der Waals surface area contributed by atoms with Crippen LogP contribution >= 0.6 is 0 Å². The number of benzene rings is 2. The second-order valence-corrected chi connectivity index (χ2v) is 4.20. The summed E-state index contributed by atoms with van der Waals surface area (Å²) in [5, 5.41) is 3.01. The first-order valence-electron chi connectivity index (χ1n) is 5.80. The van der Waals surface area contributed by atoms with Crippen LogP contribution in [0.3, 0.4) is 0 Å². The molecule has 2 N–H and O–H groups in total. The minimum Gasteiger partial charge on any atom is -0.388 e. The Labute approximate surface area is 108 Å². The van der Waals surface area contributed by atoms with Crippen LogP contribution in [0.15, 0.2) is 36.4 Å². The zero-order chi connectivity index (χ0) is 13.4. The summed E-state index contributed by atoms with van der Waals surface area (Å²) < 4.78 is 26.7. The molecule has 1 aromatic heterocycles. The van der Waals surface area contributed by atoms with Crippen LogP contribution in [-0.4, -0.2) is 17.0 Å². The highest BCUT2D eigenvalue weighted by atomic mass is 19.1. The van der Waals surface area contributed by atoms with Crippen molar-refractivity contribution in [1.82, 2.24) is 9.97 Å². The van der Waals surface area contributed by atoms with E-state index in [0.29, 0.717) is 11.3 Å². The SMILES string of the molecule is CNc1ccc(-c2nc3c(F)cc(F)cc3[nH]2)cc1. The van der Waals surface area contributed by atoms with Gasteiger partial charge in [-0.1, -0.05) is 0 Å². The number of halogens is 2. The quantitative estimate of drug-likeness (QED) is 0.739. The first-order valence-corrected chi connectivity index (χ1v) is 5.80. The summed E-state index contributed by atoms with van der Waals surface area (Å²) in [4.78, 5) is 7.08. The van der Waals surface area contributed by atoms with E-state index in [1.807, 2.05) is 31.3 Å². The number of rotatable bonds is 2. The Morgan fingerprint density at radius 1 is 1.11 bits per heavy atom. The summed E-state index contributed by atoms with van der Waals surface area (Å²) >= 11 is 0. The van der Waals surface area contributed by atoms with E-state index in [2.05, 4.69) is 15.3 Å². The molecule has 96 valence electrons. The molecule has 0 fully saturated rings. The molecule has 0 saturated carbocycles. The van der Waals surface area contributed by atoms with Crippen molar-refractivity contribution in [3.63, 3.8) is 0 Å². The van der Waals surface area contributed by atoms with Crippen LogP contribution in [0.25, 0.3) is 22.4 Å². The number of aromatic nitrogens is 2. The minimum absolute atomic E-state index is 0.147. The highest BCUT2D eigenvalue weighted by molar-refractivity contribution is 5.80. The molecule has 0 aliphatic rings. The molecular formula is C14H11F2N3. The summed E-state index contributed by atoms with van der Waals surface area (Å²) in [7, 11) is 1.83. The molecular weight excluding hydrogens is 248 g/mol. The van der Waals surface area contributed by atoms with Gasteiger partial charge in [-0.15, -0.1) is 0 Å². The van der Waals surface area contributed by atoms with Gasteiger partial charge in [0, 0.05) is 24.4 Å². The second-order valence-electron chi connectivity index (χ2n) is 4.20. The number of anilines is 1. The Kier molecular flexibility index (Phi) is 2.67. The van der Waals surface area contributed by atoms with Crippen molar-refractivity contribution in [1.29, 1.82) is 0 Å². The topological polar surface area (TPSA) is 40.7 Å². The summed E-state index contributed by atoms with van der Waals surface area (Å²) in [6, 6.07) is 9.56. The van der Waals surface area contributed by atoms with Gasteiger partial charge in [0.1, 0.15) is 17.2 Å². The summed E-state index contributed by atoms with van der Waals surface area (Å²) in [5.74, 6) is -0.766. The van der Waals surface area contributed by atoms with Crippen LogP contribution < -0.4 is 5.32 Å². The van der Waals surface area contributed by atoms with Gasteiger partial charge in [-0.25, -0.2) is 13.8 Å². The first kappa shape index (κ1) is 11.6. The third-order valence-electron chi connectivity index (χ3n) is 2.95. The zero-order valence-electron chi connectivity index (χ0n) is 10.2. The Balaban J connectivity index is 2.12. The maximum Gasteiger partial charge on any atom is 0.153 e. The van der Waals surface area contributed by atoms with Crippen LogP contribution in [0.2, 0.25) is 0 Å². The molecule has 2 aromatic carbocycles. The van der Waals surface area contributed by atoms with E-state index in [0.717, 1.165) is 17.3 Å². The third kappa shape index (κ3) is 2.03. The fourth-order valence-corrected chi connectivity index (χ4v) is 1.97. The lowest BCUT2D eigenvalue weighted by molar-refractivity contribution is 0.591. The molecule has 3 nitrogen and oxygen atoms in total. The van der Waals surface area contributed by atoms with Crippen molar-refractivity contribution >= 4 is 16.7 Å². The van der Waals surface area contributed by atoms with Gasteiger partial charge >= 0.3 is 0 Å². The lowest BCUT2D eigenvalue weighted by Crippen LogP contribution is -1.87. The van der Waals surface area contributed by atoms with Crippen LogP contribution in [0, 0.1) is 11.6 Å². The lowest BCUT2D eigenvalue weighted by atomic mass is 10.2. The average molecular weight is 259 g/mol. The van der Waals surface area contributed by atoms with Crippen molar-refractivity contribution in [3.05, 3.63) is 48.0 Å². The molecule has 0 atom stereocenters. The Morgan fingerprint density at radius 3 is 2.53 bits per heavy atom. The molecule has 19 heavy (non-hydrogen) atoms. The maximum absolute atomic E-state index is 13.6. The number of nitrogens with one attached hydrogen (secondary N) is 2. The number of imidazole rings is 1. The van der Waals surface area contributed by atoms with E-state index < -0.39 is 11.6 Å². The van der Waals surface area contributed by atoms with Crippen molar-refractivity contribution in [2.45, 2.75) is 0 Å². The molecule has 0 amide bonds. The molecule has 0 aliphatic heterocycles. The van der Waals surface area contributed by atoms with E-state index in [-0.39, 0.29) is 5.52 Å². The highest BCUT2D eigenvalue weighted by Crippen LogP contribution is 2.24. The Bertz CT molecular complexity index is 732. The predicted molar refractivity (Wildman–Crippen MR) is 71.0 cm³/mol. The fourth-order valence-electron chi connectivity index (χ4n) is 1.97. The largest absolute Gasteiger partial charge is 0.388 e. The Hall–Kier alpha value is -2.43. The average Bonchev–Trinajstić information content (AvgIpc) is 2.83. The molecule has 3 rings (SSSR count). The van der Waals surface area contributed by atoms with Crippen molar-refractivity contribution in [2.24, 2.45) is 0 Å². The Morgan fingerprint density at radius 2 is 1.84 bits per heavy atom. The fraction of sp³-hybridized carbons (Fsp3) is 0.0714. The molecule has 0 bridgehead atoms. The summed E-state index contributed by atoms with van der Waals surface area (Å²) in [6.07, 6.45) is 0. The van der Waals surface area contributed by atoms with E-state index in [1.165, 1.54) is 6.07 Å². The number of hydrogen-bond acceptors (Lipinski definition) is 2. The highest BCUT2D eigenvalue weighted by Gasteiger charge is 2.10. The normalized spacial score (nSPS) is 10.9. The second kappa shape index (κ2) is 4.35. The van der Waals surface area contributed by atoms with Gasteiger partial charge in [0.2, 0.25) is 0 Å². The third-order valence-corrected chi connectivity index (χ3v) is 2.95. The molecule has 0 unspecified atom stereocenters. The van der Waals surface area contributed by atoms with E-state index >= 15 is 0 Å². The van der Waals surface area contributed by atoms with Gasteiger partial charge in [-0.3, -0.25) is 0 Å². The van der Waals surface area contributed by atoms with E-state index in [4.69, 9.17) is 0 Å². The molecule has 0 spiro atoms. The van der Waals surface area contributed by atoms with Crippen LogP contribution in [-0.2, 0) is 0 Å². The van der Waals surface area contributed by atoms with Gasteiger partial charge in [0.15, 0.2) is 5.82 Å². The summed E-state index contributed by atoms with van der Waals surface area (Å²) in [6.45, 7) is 0. The first-order chi connectivity index (χ1) is 9.17. The van der Waals surface area contributed by atoms with Gasteiger partial charge in [-0.05, 0) is 30.3 Å². The van der Waals surface area contributed by atoms with E-state index in [9.17, 15) is 8.78 Å². The number of H-pyrrole nitrogens is 1. The zero-order valence-corrected chi connectivity index (χ0v) is 10.2. The van der Waals surface area contributed by atoms with Crippen LogP contribution in [0.1, 0.15) is 0 Å². The lowest BCUT2D eigenvalue weighted by Gasteiger charge is -2.00. The monoisotopic (exact) mass is 259 g/mol. The summed E-state index contributed by atoms with van der Waals surface area (Å²) in [5.41, 5.74) is 2.28. The van der Waals surface area contributed by atoms with Crippen LogP contribution in [0.4, 0.5) is 14.5 Å². The predicted octanol–water partition coefficient (Wildman–Crippen LogP) is 3.55. The van der Waals surface area contributed by atoms with Crippen molar-refractivity contribution in [3.8, 4) is 11.4 Å². The number of aromatic amines is 1. The molecule has 0 aliphatic carbocycles. The number of nitrogens with zero attached hydrogens (tertiary/aromatic N) is 1. The van der Waals surface area contributed by atoms with Gasteiger partial charge in [-0.2, -0.15) is 0 Å². The molecule has 5 heteroatoms. The molecule has 0 saturated heterocycles. The van der Waals surface area contributed by atoms with Crippen molar-refractivity contribution < 1.29 is 8.78 Å². The smallest absolute Gasteiger partial charge is 0.153 e. The standard InChI is InChI=1S/C14H11F2N3/c1-17-10-4-2-8(3-5-10)14-18-12-7-9(15)6-11(16)13(12)19-14/h2-7,17H,1H3,(H,18,19). The molecule has 1 heterocycles. The van der Waals surface area contributed by atoms with Crippen molar-refractivity contribution in [2.75, 3.05) is 12.4 Å². The van der Waals surface area contributed by atoms with Crippen LogP contribution in [0.5, 0.6) is 0 Å².